The molecule has 1 aromatic carbocycles. The minimum atomic E-state index is -0.0678. The van der Waals surface area contributed by atoms with E-state index in [0.29, 0.717) is 13.2 Å². The van der Waals surface area contributed by atoms with Crippen molar-refractivity contribution in [1.29, 1.82) is 0 Å². The average molecular weight is 331 g/mol. The molecule has 2 aromatic rings. The van der Waals surface area contributed by atoms with Gasteiger partial charge in [-0.3, -0.25) is 4.79 Å². The number of carbonyl (C=O) groups excluding carboxylic acids is 1. The number of nitrogens with one attached hydrogen (secondary N) is 1. The number of thiophene rings is 1. The number of amides is 1. The summed E-state index contributed by atoms with van der Waals surface area (Å²) in [7, 11) is 0. The van der Waals surface area contributed by atoms with Crippen LogP contribution in [0.2, 0.25) is 0 Å². The van der Waals surface area contributed by atoms with Crippen LogP contribution in [0, 0.1) is 5.92 Å². The van der Waals surface area contributed by atoms with Gasteiger partial charge in [-0.25, -0.2) is 0 Å². The summed E-state index contributed by atoms with van der Waals surface area (Å²) < 4.78 is 11.4. The number of hydrogen-bond donors (Lipinski definition) is 1. The van der Waals surface area contributed by atoms with Crippen LogP contribution >= 0.6 is 11.3 Å². The van der Waals surface area contributed by atoms with Gasteiger partial charge in [0.05, 0.1) is 24.1 Å². The molecule has 2 heterocycles. The minimum absolute atomic E-state index is 0.0363. The molecule has 0 saturated carbocycles. The molecule has 0 bridgehead atoms. The molecule has 1 aliphatic rings. The molecule has 0 aliphatic carbocycles. The van der Waals surface area contributed by atoms with Gasteiger partial charge in [0.15, 0.2) is 11.5 Å². The van der Waals surface area contributed by atoms with Crippen LogP contribution in [-0.2, 0) is 0 Å². The average Bonchev–Trinajstić information content (AvgIpc) is 2.97. The van der Waals surface area contributed by atoms with Gasteiger partial charge in [0.1, 0.15) is 0 Å². The Balaban J connectivity index is 1.83. The Kier molecular flexibility index (Phi) is 4.86. The molecule has 1 aromatic heterocycles. The molecule has 0 radical (unpaired) electrons. The summed E-state index contributed by atoms with van der Waals surface area (Å²) in [6.07, 6.45) is 0.882. The summed E-state index contributed by atoms with van der Waals surface area (Å²) in [6, 6.07) is 9.58. The topological polar surface area (TPSA) is 47.6 Å². The molecule has 0 fully saturated rings. The van der Waals surface area contributed by atoms with Crippen LogP contribution in [-0.4, -0.2) is 19.1 Å². The fourth-order valence-corrected chi connectivity index (χ4v) is 3.26. The molecule has 23 heavy (non-hydrogen) atoms. The summed E-state index contributed by atoms with van der Waals surface area (Å²) in [5.74, 6) is 1.77. The van der Waals surface area contributed by atoms with Crippen molar-refractivity contribution in [3.63, 3.8) is 0 Å². The molecule has 122 valence electrons. The van der Waals surface area contributed by atoms with Crippen LogP contribution in [0.25, 0.3) is 0 Å². The molecule has 0 spiro atoms. The quantitative estimate of drug-likeness (QED) is 0.920. The lowest BCUT2D eigenvalue weighted by Crippen LogP contribution is -2.31. The zero-order valence-electron chi connectivity index (χ0n) is 13.4. The Bertz CT molecular complexity index is 667. The maximum absolute atomic E-state index is 12.4. The molecule has 4 nitrogen and oxygen atoms in total. The van der Waals surface area contributed by atoms with E-state index in [1.165, 1.54) is 11.3 Å². The summed E-state index contributed by atoms with van der Waals surface area (Å²) >= 11 is 1.45. The molecule has 3 rings (SSSR count). The Morgan fingerprint density at radius 1 is 1.17 bits per heavy atom. The second-order valence-corrected chi connectivity index (χ2v) is 6.88. The molecule has 1 amide bonds. The maximum Gasteiger partial charge on any atom is 0.261 e. The van der Waals surface area contributed by atoms with E-state index in [2.05, 4.69) is 19.2 Å². The first kappa shape index (κ1) is 15.9. The van der Waals surface area contributed by atoms with Gasteiger partial charge in [-0.15, -0.1) is 11.3 Å². The molecule has 1 aliphatic heterocycles. The Labute approximate surface area is 140 Å². The third-order valence-electron chi connectivity index (χ3n) is 3.83. The van der Waals surface area contributed by atoms with E-state index in [1.54, 1.807) is 0 Å². The van der Waals surface area contributed by atoms with Crippen molar-refractivity contribution in [2.24, 2.45) is 5.92 Å². The number of rotatable bonds is 4. The predicted molar refractivity (Wildman–Crippen MR) is 91.4 cm³/mol. The predicted octanol–water partition coefficient (Wildman–Crippen LogP) is 4.04. The maximum atomic E-state index is 12.4. The van der Waals surface area contributed by atoms with Crippen LogP contribution in [0.3, 0.4) is 0 Å². The fourth-order valence-electron chi connectivity index (χ4n) is 2.63. The second kappa shape index (κ2) is 7.04. The molecule has 1 unspecified atom stereocenters. The lowest BCUT2D eigenvalue weighted by molar-refractivity contribution is 0.0929. The van der Waals surface area contributed by atoms with Crippen molar-refractivity contribution in [2.45, 2.75) is 26.3 Å². The van der Waals surface area contributed by atoms with E-state index in [1.807, 2.05) is 35.7 Å². The monoisotopic (exact) mass is 331 g/mol. The highest BCUT2D eigenvalue weighted by atomic mass is 32.1. The van der Waals surface area contributed by atoms with Crippen molar-refractivity contribution in [3.05, 3.63) is 46.2 Å². The Morgan fingerprint density at radius 2 is 1.96 bits per heavy atom. The van der Waals surface area contributed by atoms with Crippen molar-refractivity contribution in [3.8, 4) is 11.5 Å². The third-order valence-corrected chi connectivity index (χ3v) is 4.70. The molecule has 0 saturated heterocycles. The van der Waals surface area contributed by atoms with Gasteiger partial charge in [0.2, 0.25) is 0 Å². The van der Waals surface area contributed by atoms with Crippen molar-refractivity contribution in [1.82, 2.24) is 5.32 Å². The summed E-state index contributed by atoms with van der Waals surface area (Å²) in [4.78, 5) is 13.1. The molecular weight excluding hydrogens is 310 g/mol. The smallest absolute Gasteiger partial charge is 0.261 e. The van der Waals surface area contributed by atoms with E-state index in [-0.39, 0.29) is 17.9 Å². The zero-order chi connectivity index (χ0) is 16.2. The van der Waals surface area contributed by atoms with E-state index in [9.17, 15) is 4.79 Å². The number of benzene rings is 1. The Hall–Kier alpha value is -2.01. The van der Waals surface area contributed by atoms with Crippen molar-refractivity contribution < 1.29 is 14.3 Å². The van der Waals surface area contributed by atoms with Gasteiger partial charge in [-0.2, -0.15) is 0 Å². The van der Waals surface area contributed by atoms with E-state index in [4.69, 9.17) is 9.47 Å². The summed E-state index contributed by atoms with van der Waals surface area (Å²) in [6.45, 7) is 5.53. The van der Waals surface area contributed by atoms with Crippen LogP contribution in [0.4, 0.5) is 0 Å². The van der Waals surface area contributed by atoms with Gasteiger partial charge < -0.3 is 14.8 Å². The van der Waals surface area contributed by atoms with Gasteiger partial charge in [-0.1, -0.05) is 26.0 Å². The standard InChI is InChI=1S/C18H21NO3S/c1-12(2)17(19-18(20)16-5-3-10-23-16)13-6-7-14-15(11-13)22-9-4-8-21-14/h3,5-7,10-12,17H,4,8-9H2,1-2H3,(H,19,20). The van der Waals surface area contributed by atoms with Gasteiger partial charge in [0.25, 0.3) is 5.91 Å². The number of fused-ring (bicyclic) bond motifs is 1. The SMILES string of the molecule is CC(C)C(NC(=O)c1cccs1)c1ccc2c(c1)OCCCO2. The summed E-state index contributed by atoms with van der Waals surface area (Å²) in [5.41, 5.74) is 1.04. The van der Waals surface area contributed by atoms with Gasteiger partial charge in [0, 0.05) is 6.42 Å². The van der Waals surface area contributed by atoms with Crippen LogP contribution in [0.1, 0.15) is 41.5 Å². The van der Waals surface area contributed by atoms with E-state index in [0.717, 1.165) is 28.4 Å². The fraction of sp³-hybridized carbons (Fsp3) is 0.389. The lowest BCUT2D eigenvalue weighted by Gasteiger charge is -2.23. The lowest BCUT2D eigenvalue weighted by atomic mass is 9.95. The Morgan fingerprint density at radius 3 is 2.65 bits per heavy atom. The van der Waals surface area contributed by atoms with Gasteiger partial charge >= 0.3 is 0 Å². The van der Waals surface area contributed by atoms with Crippen molar-refractivity contribution in [2.75, 3.05) is 13.2 Å². The number of hydrogen-bond acceptors (Lipinski definition) is 4. The molecule has 1 atom stereocenters. The third kappa shape index (κ3) is 3.67. The highest BCUT2D eigenvalue weighted by Gasteiger charge is 2.22. The normalized spacial score (nSPS) is 15.1. The summed E-state index contributed by atoms with van der Waals surface area (Å²) in [5, 5.41) is 5.04. The number of carbonyl (C=O) groups is 1. The van der Waals surface area contributed by atoms with Crippen LogP contribution in [0.5, 0.6) is 11.5 Å². The minimum Gasteiger partial charge on any atom is -0.490 e. The molecule has 5 heteroatoms. The largest absolute Gasteiger partial charge is 0.490 e. The first-order valence-corrected chi connectivity index (χ1v) is 8.77. The second-order valence-electron chi connectivity index (χ2n) is 5.93. The highest BCUT2D eigenvalue weighted by Crippen LogP contribution is 2.34. The van der Waals surface area contributed by atoms with Crippen LogP contribution < -0.4 is 14.8 Å². The highest BCUT2D eigenvalue weighted by molar-refractivity contribution is 7.12. The van der Waals surface area contributed by atoms with E-state index >= 15 is 0 Å². The molecular formula is C18H21NO3S. The molecule has 1 N–H and O–H groups in total. The van der Waals surface area contributed by atoms with Crippen LogP contribution in [0.15, 0.2) is 35.7 Å². The first-order valence-electron chi connectivity index (χ1n) is 7.89. The van der Waals surface area contributed by atoms with E-state index < -0.39 is 0 Å². The van der Waals surface area contributed by atoms with Crippen molar-refractivity contribution >= 4 is 17.2 Å². The number of ether oxygens (including phenoxy) is 2. The zero-order valence-corrected chi connectivity index (χ0v) is 14.2. The first-order chi connectivity index (χ1) is 11.1. The van der Waals surface area contributed by atoms with Gasteiger partial charge in [-0.05, 0) is 35.1 Å².